The van der Waals surface area contributed by atoms with Gasteiger partial charge < -0.3 is 9.47 Å². The van der Waals surface area contributed by atoms with Crippen LogP contribution in [0.1, 0.15) is 19.3 Å². The predicted molar refractivity (Wildman–Crippen MR) is 88.5 cm³/mol. The Morgan fingerprint density at radius 3 is 2.55 bits per heavy atom. The topological polar surface area (TPSA) is 35.5 Å². The molecule has 0 bridgehead atoms. The zero-order valence-electron chi connectivity index (χ0n) is 12.4. The molecular weight excluding hydrogens is 296 g/mol. The minimum absolute atomic E-state index is 0.245. The molecule has 2 aliphatic heterocycles. The zero-order valence-corrected chi connectivity index (χ0v) is 13.2. The highest BCUT2D eigenvalue weighted by Crippen LogP contribution is 2.35. The van der Waals surface area contributed by atoms with Gasteiger partial charge in [0.05, 0.1) is 6.61 Å². The maximum atomic E-state index is 11.6. The molecule has 0 radical (unpaired) electrons. The lowest BCUT2D eigenvalue weighted by Gasteiger charge is -2.14. The van der Waals surface area contributed by atoms with E-state index in [0.29, 0.717) is 23.9 Å². The Balaban J connectivity index is 1.73. The maximum Gasteiger partial charge on any atom is 0.347 e. The van der Waals surface area contributed by atoms with Crippen LogP contribution in [0.4, 0.5) is 0 Å². The summed E-state index contributed by atoms with van der Waals surface area (Å²) < 4.78 is 10.9. The Bertz CT molecular complexity index is 707. The van der Waals surface area contributed by atoms with Gasteiger partial charge in [0.25, 0.3) is 0 Å². The van der Waals surface area contributed by atoms with Crippen molar-refractivity contribution >= 4 is 27.6 Å². The van der Waals surface area contributed by atoms with Crippen LogP contribution in [0.3, 0.4) is 0 Å². The molecule has 2 fully saturated rings. The van der Waals surface area contributed by atoms with Crippen molar-refractivity contribution in [2.24, 2.45) is 0 Å². The zero-order chi connectivity index (χ0) is 14.9. The van der Waals surface area contributed by atoms with E-state index in [9.17, 15) is 4.79 Å². The molecule has 2 saturated heterocycles. The number of fused-ring (bicyclic) bond motifs is 1. The fraction of sp³-hybridized carbons (Fsp3) is 0.389. The highest BCUT2D eigenvalue weighted by atomic mass is 32.2. The van der Waals surface area contributed by atoms with E-state index < -0.39 is 6.10 Å². The van der Waals surface area contributed by atoms with Crippen LogP contribution in [0, 0.1) is 0 Å². The standard InChI is InChI=1S/C18H19O3S/c19-18-16(9-10-20-18)21-15-7-8-17(22-11-3-4-12-22)14-6-2-1-5-13(14)15/h1-2,5-8,16H,3-4,9-12H2/q+1. The van der Waals surface area contributed by atoms with Gasteiger partial charge in [0, 0.05) is 28.1 Å². The molecule has 0 spiro atoms. The summed E-state index contributed by atoms with van der Waals surface area (Å²) in [7, 11) is 0.368. The number of esters is 1. The van der Waals surface area contributed by atoms with Gasteiger partial charge >= 0.3 is 5.97 Å². The minimum Gasteiger partial charge on any atom is -0.478 e. The van der Waals surface area contributed by atoms with Crippen molar-refractivity contribution in [3.8, 4) is 5.75 Å². The molecule has 22 heavy (non-hydrogen) atoms. The third kappa shape index (κ3) is 2.45. The average Bonchev–Trinajstić information content (AvgIpc) is 3.20. The second kappa shape index (κ2) is 5.84. The van der Waals surface area contributed by atoms with Crippen molar-refractivity contribution in [2.75, 3.05) is 18.1 Å². The summed E-state index contributed by atoms with van der Waals surface area (Å²) in [6.07, 6.45) is 2.86. The number of hydrogen-bond donors (Lipinski definition) is 0. The number of hydrogen-bond acceptors (Lipinski definition) is 3. The van der Waals surface area contributed by atoms with Crippen LogP contribution < -0.4 is 4.74 Å². The summed E-state index contributed by atoms with van der Waals surface area (Å²) in [5.74, 6) is 3.16. The molecule has 1 unspecified atom stereocenters. The first-order chi connectivity index (χ1) is 10.8. The Morgan fingerprint density at radius 1 is 1.05 bits per heavy atom. The van der Waals surface area contributed by atoms with Crippen LogP contribution in [0.5, 0.6) is 5.75 Å². The number of carbonyl (C=O) groups excluding carboxylic acids is 1. The van der Waals surface area contributed by atoms with Gasteiger partial charge in [0.2, 0.25) is 0 Å². The van der Waals surface area contributed by atoms with Crippen molar-refractivity contribution in [1.29, 1.82) is 0 Å². The molecule has 0 aromatic heterocycles. The first-order valence-corrected chi connectivity index (χ1v) is 9.42. The lowest BCUT2D eigenvalue weighted by atomic mass is 10.1. The van der Waals surface area contributed by atoms with Gasteiger partial charge in [-0.3, -0.25) is 0 Å². The molecule has 3 nitrogen and oxygen atoms in total. The number of rotatable bonds is 3. The maximum absolute atomic E-state index is 11.6. The van der Waals surface area contributed by atoms with Crippen molar-refractivity contribution < 1.29 is 14.3 Å². The SMILES string of the molecule is O=C1OCCC1Oc1ccc([S+]2CCCC2)c2ccccc12. The smallest absolute Gasteiger partial charge is 0.347 e. The number of carbonyl (C=O) groups is 1. The molecule has 0 amide bonds. The second-order valence-electron chi connectivity index (χ2n) is 5.78. The first kappa shape index (κ1) is 13.9. The highest BCUT2D eigenvalue weighted by molar-refractivity contribution is 7.97. The lowest BCUT2D eigenvalue weighted by molar-refractivity contribution is -0.143. The summed E-state index contributed by atoms with van der Waals surface area (Å²) in [5, 5.41) is 2.38. The van der Waals surface area contributed by atoms with E-state index in [1.807, 2.05) is 12.1 Å². The van der Waals surface area contributed by atoms with Crippen LogP contribution >= 0.6 is 0 Å². The van der Waals surface area contributed by atoms with E-state index in [1.165, 1.54) is 34.6 Å². The van der Waals surface area contributed by atoms with E-state index in [2.05, 4.69) is 24.3 Å². The second-order valence-corrected chi connectivity index (χ2v) is 8.02. The molecule has 0 aliphatic carbocycles. The van der Waals surface area contributed by atoms with Crippen LogP contribution in [0.2, 0.25) is 0 Å². The fourth-order valence-corrected chi connectivity index (χ4v) is 5.71. The molecule has 4 heteroatoms. The van der Waals surface area contributed by atoms with Crippen LogP contribution in [0.25, 0.3) is 10.8 Å². The van der Waals surface area contributed by atoms with Crippen LogP contribution in [0.15, 0.2) is 41.3 Å². The van der Waals surface area contributed by atoms with E-state index in [4.69, 9.17) is 9.47 Å². The van der Waals surface area contributed by atoms with Crippen molar-refractivity contribution in [3.63, 3.8) is 0 Å². The van der Waals surface area contributed by atoms with E-state index in [0.717, 1.165) is 11.1 Å². The summed E-state index contributed by atoms with van der Waals surface area (Å²) in [6.45, 7) is 0.461. The molecule has 2 heterocycles. The van der Waals surface area contributed by atoms with Gasteiger partial charge in [0.1, 0.15) is 17.3 Å². The molecule has 2 aromatic rings. The van der Waals surface area contributed by atoms with E-state index >= 15 is 0 Å². The number of ether oxygens (including phenoxy) is 2. The molecule has 0 N–H and O–H groups in total. The average molecular weight is 315 g/mol. The monoisotopic (exact) mass is 315 g/mol. The molecule has 2 aromatic carbocycles. The minimum atomic E-state index is -0.455. The third-order valence-corrected chi connectivity index (χ3v) is 6.88. The molecule has 0 saturated carbocycles. The third-order valence-electron chi connectivity index (χ3n) is 4.34. The quantitative estimate of drug-likeness (QED) is 0.644. The van der Waals surface area contributed by atoms with Gasteiger partial charge in [-0.2, -0.15) is 0 Å². The van der Waals surface area contributed by atoms with Crippen LogP contribution in [-0.4, -0.2) is 30.2 Å². The molecular formula is C18H19O3S+. The normalized spacial score (nSPS) is 22.2. The summed E-state index contributed by atoms with van der Waals surface area (Å²) >= 11 is 0. The predicted octanol–water partition coefficient (Wildman–Crippen LogP) is 3.31. The molecule has 2 aliphatic rings. The Morgan fingerprint density at radius 2 is 1.82 bits per heavy atom. The molecule has 1 atom stereocenters. The van der Waals surface area contributed by atoms with Crippen LogP contribution in [-0.2, 0) is 20.4 Å². The Hall–Kier alpha value is -1.68. The lowest BCUT2D eigenvalue weighted by Crippen LogP contribution is -2.21. The van der Waals surface area contributed by atoms with Gasteiger partial charge in [-0.05, 0) is 31.0 Å². The highest BCUT2D eigenvalue weighted by Gasteiger charge is 2.31. The van der Waals surface area contributed by atoms with Gasteiger partial charge in [-0.25, -0.2) is 4.79 Å². The Labute approximate surface area is 133 Å². The first-order valence-electron chi connectivity index (χ1n) is 7.85. The summed E-state index contributed by atoms with van der Waals surface area (Å²) in [5.41, 5.74) is 0. The van der Waals surface area contributed by atoms with E-state index in [-0.39, 0.29) is 5.97 Å². The fourth-order valence-electron chi connectivity index (χ4n) is 3.21. The largest absolute Gasteiger partial charge is 0.478 e. The van der Waals surface area contributed by atoms with Gasteiger partial charge in [-0.15, -0.1) is 0 Å². The van der Waals surface area contributed by atoms with Crippen molar-refractivity contribution in [3.05, 3.63) is 36.4 Å². The number of benzene rings is 2. The van der Waals surface area contributed by atoms with Gasteiger partial charge in [-0.1, -0.05) is 18.2 Å². The summed E-state index contributed by atoms with van der Waals surface area (Å²) in [4.78, 5) is 13.1. The Kier molecular flexibility index (Phi) is 3.70. The van der Waals surface area contributed by atoms with Gasteiger partial charge in [0.15, 0.2) is 11.0 Å². The van der Waals surface area contributed by atoms with E-state index in [1.54, 1.807) is 0 Å². The molecule has 114 valence electrons. The summed E-state index contributed by atoms with van der Waals surface area (Å²) in [6, 6.07) is 12.6. The molecule has 4 rings (SSSR count). The van der Waals surface area contributed by atoms with Crippen molar-refractivity contribution in [1.82, 2.24) is 0 Å². The number of cyclic esters (lactones) is 1. The van der Waals surface area contributed by atoms with Crippen molar-refractivity contribution in [2.45, 2.75) is 30.3 Å².